The third kappa shape index (κ3) is 2.68. The zero-order valence-electron chi connectivity index (χ0n) is 12.0. The molecule has 1 aromatic rings. The Morgan fingerprint density at radius 2 is 2.25 bits per heavy atom. The number of rotatable bonds is 3. The summed E-state index contributed by atoms with van der Waals surface area (Å²) in [5, 5.41) is 18.4. The van der Waals surface area contributed by atoms with Gasteiger partial charge in [-0.05, 0) is 62.9 Å². The maximum Gasteiger partial charge on any atom is 0.323 e. The van der Waals surface area contributed by atoms with Crippen LogP contribution >= 0.6 is 0 Å². The van der Waals surface area contributed by atoms with E-state index in [1.807, 2.05) is 30.9 Å². The first-order valence-corrected chi connectivity index (χ1v) is 6.95. The van der Waals surface area contributed by atoms with Crippen LogP contribution in [-0.2, 0) is 11.3 Å². The van der Waals surface area contributed by atoms with E-state index in [4.69, 9.17) is 5.26 Å². The SMILES string of the molecule is Cc1cc(C#N)ccc1CN1CCCCC1(C)C(=O)O. The van der Waals surface area contributed by atoms with Crippen molar-refractivity contribution in [3.05, 3.63) is 34.9 Å². The summed E-state index contributed by atoms with van der Waals surface area (Å²) in [5.74, 6) is -0.747. The Morgan fingerprint density at radius 3 is 2.85 bits per heavy atom. The van der Waals surface area contributed by atoms with Gasteiger partial charge in [-0.2, -0.15) is 5.26 Å². The normalized spacial score (nSPS) is 23.2. The van der Waals surface area contributed by atoms with E-state index in [1.54, 1.807) is 6.07 Å². The van der Waals surface area contributed by atoms with Gasteiger partial charge in [0.25, 0.3) is 0 Å². The van der Waals surface area contributed by atoms with Gasteiger partial charge >= 0.3 is 5.97 Å². The largest absolute Gasteiger partial charge is 0.480 e. The van der Waals surface area contributed by atoms with Crippen molar-refractivity contribution in [2.24, 2.45) is 0 Å². The van der Waals surface area contributed by atoms with Crippen molar-refractivity contribution in [2.45, 2.75) is 45.2 Å². The number of benzene rings is 1. The lowest BCUT2D eigenvalue weighted by Crippen LogP contribution is -2.54. The fraction of sp³-hybridized carbons (Fsp3) is 0.500. The molecule has 1 aliphatic rings. The molecule has 0 saturated carbocycles. The second kappa shape index (κ2) is 5.64. The lowest BCUT2D eigenvalue weighted by atomic mass is 9.87. The zero-order valence-corrected chi connectivity index (χ0v) is 12.0. The number of hydrogen-bond donors (Lipinski definition) is 1. The topological polar surface area (TPSA) is 64.3 Å². The summed E-state index contributed by atoms with van der Waals surface area (Å²) in [5.41, 5.74) is 2.00. The summed E-state index contributed by atoms with van der Waals surface area (Å²) in [7, 11) is 0. The predicted molar refractivity (Wildman–Crippen MR) is 76.2 cm³/mol. The Bertz CT molecular complexity index is 562. The van der Waals surface area contributed by atoms with Crippen LogP contribution in [0.4, 0.5) is 0 Å². The van der Waals surface area contributed by atoms with Crippen LogP contribution < -0.4 is 0 Å². The molecular weight excluding hydrogens is 252 g/mol. The highest BCUT2D eigenvalue weighted by Gasteiger charge is 2.41. The van der Waals surface area contributed by atoms with Crippen LogP contribution in [0.2, 0.25) is 0 Å². The van der Waals surface area contributed by atoms with Crippen LogP contribution in [0.15, 0.2) is 18.2 Å². The Hall–Kier alpha value is -1.86. The van der Waals surface area contributed by atoms with Gasteiger partial charge in [-0.3, -0.25) is 9.69 Å². The third-order valence-corrected chi connectivity index (χ3v) is 4.33. The number of likely N-dealkylation sites (tertiary alicyclic amines) is 1. The average molecular weight is 272 g/mol. The minimum atomic E-state index is -0.779. The second-order valence-corrected chi connectivity index (χ2v) is 5.71. The van der Waals surface area contributed by atoms with Gasteiger partial charge < -0.3 is 5.11 Å². The molecule has 0 aliphatic carbocycles. The summed E-state index contributed by atoms with van der Waals surface area (Å²) >= 11 is 0. The van der Waals surface area contributed by atoms with E-state index in [0.29, 0.717) is 18.5 Å². The lowest BCUT2D eigenvalue weighted by Gasteiger charge is -2.41. The predicted octanol–water partition coefficient (Wildman–Crippen LogP) is 2.70. The van der Waals surface area contributed by atoms with Gasteiger partial charge in [0.1, 0.15) is 5.54 Å². The molecule has 1 atom stereocenters. The van der Waals surface area contributed by atoms with Crippen molar-refractivity contribution in [3.63, 3.8) is 0 Å². The molecule has 0 amide bonds. The molecule has 0 radical (unpaired) electrons. The molecule has 1 N–H and O–H groups in total. The van der Waals surface area contributed by atoms with Crippen LogP contribution in [0.5, 0.6) is 0 Å². The fourth-order valence-corrected chi connectivity index (χ4v) is 2.82. The lowest BCUT2D eigenvalue weighted by molar-refractivity contribution is -0.153. The molecule has 1 unspecified atom stereocenters. The number of aryl methyl sites for hydroxylation is 1. The Kier molecular flexibility index (Phi) is 4.10. The molecule has 0 bridgehead atoms. The summed E-state index contributed by atoms with van der Waals surface area (Å²) in [6.07, 6.45) is 2.70. The number of carboxylic acids is 1. The Labute approximate surface area is 119 Å². The van der Waals surface area contributed by atoms with Crippen LogP contribution in [-0.4, -0.2) is 28.1 Å². The Morgan fingerprint density at radius 1 is 1.50 bits per heavy atom. The van der Waals surface area contributed by atoms with Gasteiger partial charge in [-0.1, -0.05) is 6.07 Å². The minimum absolute atomic E-state index is 0.625. The van der Waals surface area contributed by atoms with Gasteiger partial charge in [0.15, 0.2) is 0 Å². The highest BCUT2D eigenvalue weighted by molar-refractivity contribution is 5.78. The van der Waals surface area contributed by atoms with Crippen molar-refractivity contribution in [1.29, 1.82) is 5.26 Å². The van der Waals surface area contributed by atoms with E-state index < -0.39 is 11.5 Å². The molecule has 2 rings (SSSR count). The van der Waals surface area contributed by atoms with Crippen LogP contribution in [0.3, 0.4) is 0 Å². The van der Waals surface area contributed by atoms with Crippen LogP contribution in [0.1, 0.15) is 42.9 Å². The summed E-state index contributed by atoms with van der Waals surface area (Å²) in [6.45, 7) is 5.22. The molecule has 1 saturated heterocycles. The van der Waals surface area contributed by atoms with Crippen molar-refractivity contribution in [2.75, 3.05) is 6.54 Å². The zero-order chi connectivity index (χ0) is 14.8. The van der Waals surface area contributed by atoms with Crippen molar-refractivity contribution >= 4 is 5.97 Å². The van der Waals surface area contributed by atoms with Gasteiger partial charge in [0.2, 0.25) is 0 Å². The number of nitrogens with zero attached hydrogens (tertiary/aromatic N) is 2. The molecular formula is C16H20N2O2. The van der Waals surface area contributed by atoms with Gasteiger partial charge in [0, 0.05) is 6.54 Å². The highest BCUT2D eigenvalue weighted by atomic mass is 16.4. The molecule has 0 aromatic heterocycles. The van der Waals surface area contributed by atoms with E-state index in [-0.39, 0.29) is 0 Å². The van der Waals surface area contributed by atoms with E-state index >= 15 is 0 Å². The van der Waals surface area contributed by atoms with Crippen molar-refractivity contribution in [3.8, 4) is 6.07 Å². The standard InChI is InChI=1S/C16H20N2O2/c1-12-9-13(10-17)5-6-14(12)11-18-8-4-3-7-16(18,2)15(19)20/h5-6,9H,3-4,7-8,11H2,1-2H3,(H,19,20). The minimum Gasteiger partial charge on any atom is -0.480 e. The molecule has 106 valence electrons. The summed E-state index contributed by atoms with van der Waals surface area (Å²) < 4.78 is 0. The van der Waals surface area contributed by atoms with E-state index in [0.717, 1.165) is 30.5 Å². The molecule has 4 nitrogen and oxygen atoms in total. The molecule has 20 heavy (non-hydrogen) atoms. The maximum atomic E-state index is 11.6. The molecule has 0 spiro atoms. The molecule has 1 fully saturated rings. The first kappa shape index (κ1) is 14.5. The number of aliphatic carboxylic acids is 1. The smallest absolute Gasteiger partial charge is 0.323 e. The highest BCUT2D eigenvalue weighted by Crippen LogP contribution is 2.30. The fourth-order valence-electron chi connectivity index (χ4n) is 2.82. The average Bonchev–Trinajstić information content (AvgIpc) is 2.43. The van der Waals surface area contributed by atoms with Crippen LogP contribution in [0.25, 0.3) is 0 Å². The molecule has 1 aromatic carbocycles. The summed E-state index contributed by atoms with van der Waals surface area (Å²) in [6, 6.07) is 7.72. The van der Waals surface area contributed by atoms with Gasteiger partial charge in [0.05, 0.1) is 11.6 Å². The number of piperidine rings is 1. The first-order chi connectivity index (χ1) is 9.47. The third-order valence-electron chi connectivity index (χ3n) is 4.33. The van der Waals surface area contributed by atoms with Crippen molar-refractivity contribution in [1.82, 2.24) is 4.90 Å². The number of hydrogen-bond acceptors (Lipinski definition) is 3. The van der Waals surface area contributed by atoms with E-state index in [1.165, 1.54) is 0 Å². The number of carbonyl (C=O) groups is 1. The Balaban J connectivity index is 2.24. The van der Waals surface area contributed by atoms with Crippen LogP contribution in [0, 0.1) is 18.3 Å². The first-order valence-electron chi connectivity index (χ1n) is 6.95. The van der Waals surface area contributed by atoms with E-state index in [2.05, 4.69) is 6.07 Å². The number of carboxylic acid groups (broad SMARTS) is 1. The molecule has 4 heteroatoms. The molecule has 1 heterocycles. The maximum absolute atomic E-state index is 11.6. The summed E-state index contributed by atoms with van der Waals surface area (Å²) in [4.78, 5) is 13.6. The van der Waals surface area contributed by atoms with Gasteiger partial charge in [-0.25, -0.2) is 0 Å². The quantitative estimate of drug-likeness (QED) is 0.918. The van der Waals surface area contributed by atoms with Gasteiger partial charge in [-0.15, -0.1) is 0 Å². The second-order valence-electron chi connectivity index (χ2n) is 5.71. The number of nitriles is 1. The van der Waals surface area contributed by atoms with E-state index in [9.17, 15) is 9.90 Å². The molecule has 1 aliphatic heterocycles. The monoisotopic (exact) mass is 272 g/mol. The van der Waals surface area contributed by atoms with Crippen molar-refractivity contribution < 1.29 is 9.90 Å².